The molecule has 7 nitrogen and oxygen atoms in total. The fourth-order valence-electron chi connectivity index (χ4n) is 2.17. The maximum Gasteiger partial charge on any atom is 0.191 e. The molecular formula is C18H28IN5O2. The molecule has 0 bridgehead atoms. The number of hydrogen-bond acceptors (Lipinski definition) is 5. The zero-order valence-corrected chi connectivity index (χ0v) is 17.9. The van der Waals surface area contributed by atoms with Crippen LogP contribution in [0.2, 0.25) is 0 Å². The summed E-state index contributed by atoms with van der Waals surface area (Å²) in [5.74, 6) is 2.56. The number of nitrogens with zero attached hydrogens (tertiary/aromatic N) is 3. The summed E-state index contributed by atoms with van der Waals surface area (Å²) in [4.78, 5) is 10.5. The number of pyridine rings is 1. The van der Waals surface area contributed by atoms with Crippen molar-refractivity contribution in [3.63, 3.8) is 0 Å². The quantitative estimate of drug-likeness (QED) is 0.253. The van der Waals surface area contributed by atoms with E-state index in [1.807, 2.05) is 43.4 Å². The first-order chi connectivity index (χ1) is 12.2. The average molecular weight is 473 g/mol. The highest BCUT2D eigenvalue weighted by Crippen LogP contribution is 2.09. The van der Waals surface area contributed by atoms with Gasteiger partial charge in [-0.3, -0.25) is 4.99 Å². The van der Waals surface area contributed by atoms with E-state index in [1.54, 1.807) is 13.3 Å². The summed E-state index contributed by atoms with van der Waals surface area (Å²) in [6, 6.07) is 7.82. The van der Waals surface area contributed by atoms with E-state index in [0.717, 1.165) is 36.1 Å². The lowest BCUT2D eigenvalue weighted by Crippen LogP contribution is -2.37. The van der Waals surface area contributed by atoms with Gasteiger partial charge in [0.25, 0.3) is 0 Å². The molecule has 0 aliphatic rings. The monoisotopic (exact) mass is 473 g/mol. The van der Waals surface area contributed by atoms with Crippen LogP contribution in [0.4, 0.5) is 5.82 Å². The lowest BCUT2D eigenvalue weighted by atomic mass is 10.2. The molecule has 2 aromatic rings. The number of anilines is 1. The van der Waals surface area contributed by atoms with Crippen molar-refractivity contribution in [2.45, 2.75) is 19.6 Å². The van der Waals surface area contributed by atoms with Crippen molar-refractivity contribution < 1.29 is 9.15 Å². The molecule has 0 aliphatic heterocycles. The molecule has 2 heterocycles. The lowest BCUT2D eigenvalue weighted by Gasteiger charge is -2.14. The van der Waals surface area contributed by atoms with Gasteiger partial charge in [-0.1, -0.05) is 0 Å². The van der Waals surface area contributed by atoms with Gasteiger partial charge in [0.15, 0.2) is 5.96 Å². The predicted octanol–water partition coefficient (Wildman–Crippen LogP) is 2.63. The minimum atomic E-state index is 0. The normalized spacial score (nSPS) is 11.0. The molecule has 0 radical (unpaired) electrons. The molecule has 0 spiro atoms. The second-order valence-corrected chi connectivity index (χ2v) is 5.75. The summed E-state index contributed by atoms with van der Waals surface area (Å²) in [6.45, 7) is 2.66. The van der Waals surface area contributed by atoms with Gasteiger partial charge in [0.2, 0.25) is 0 Å². The molecule has 0 amide bonds. The van der Waals surface area contributed by atoms with Crippen molar-refractivity contribution in [3.05, 3.63) is 48.0 Å². The Morgan fingerprint density at radius 2 is 2.15 bits per heavy atom. The van der Waals surface area contributed by atoms with Crippen LogP contribution in [0.3, 0.4) is 0 Å². The van der Waals surface area contributed by atoms with Crippen LogP contribution in [0, 0.1) is 0 Å². The molecule has 0 unspecified atom stereocenters. The predicted molar refractivity (Wildman–Crippen MR) is 115 cm³/mol. The van der Waals surface area contributed by atoms with E-state index in [9.17, 15) is 0 Å². The standard InChI is InChI=1S/C18H27N5O2.HI/c1-19-18(21-8-5-10-24-14-16-6-4-11-25-16)22-13-15-7-9-20-17(12-15)23(2)3;/h4,6-7,9,11-12H,5,8,10,13-14H2,1-3H3,(H2,19,21,22);1H. The molecule has 0 saturated carbocycles. The topological polar surface area (TPSA) is 74.9 Å². The molecule has 0 fully saturated rings. The number of aromatic nitrogens is 1. The first kappa shape index (κ1) is 22.2. The van der Waals surface area contributed by atoms with Crippen LogP contribution in [-0.4, -0.2) is 45.2 Å². The summed E-state index contributed by atoms with van der Waals surface area (Å²) in [5, 5.41) is 6.58. The van der Waals surface area contributed by atoms with Gasteiger partial charge in [-0.25, -0.2) is 4.98 Å². The smallest absolute Gasteiger partial charge is 0.191 e. The maximum absolute atomic E-state index is 5.55. The van der Waals surface area contributed by atoms with Gasteiger partial charge in [-0.2, -0.15) is 0 Å². The van der Waals surface area contributed by atoms with Gasteiger partial charge in [0.1, 0.15) is 18.2 Å². The first-order valence-corrected chi connectivity index (χ1v) is 8.36. The SMILES string of the molecule is CN=C(NCCCOCc1ccco1)NCc1ccnc(N(C)C)c1.I. The largest absolute Gasteiger partial charge is 0.467 e. The summed E-state index contributed by atoms with van der Waals surface area (Å²) in [5.41, 5.74) is 1.16. The molecule has 2 N–H and O–H groups in total. The Morgan fingerprint density at radius 3 is 2.85 bits per heavy atom. The Labute approximate surface area is 172 Å². The first-order valence-electron chi connectivity index (χ1n) is 8.36. The second kappa shape index (κ2) is 12.5. The van der Waals surface area contributed by atoms with E-state index < -0.39 is 0 Å². The Morgan fingerprint density at radius 1 is 1.31 bits per heavy atom. The van der Waals surface area contributed by atoms with E-state index in [0.29, 0.717) is 19.8 Å². The average Bonchev–Trinajstić information content (AvgIpc) is 3.14. The summed E-state index contributed by atoms with van der Waals surface area (Å²) in [6.07, 6.45) is 4.36. The summed E-state index contributed by atoms with van der Waals surface area (Å²) in [7, 11) is 5.72. The molecule has 0 saturated heterocycles. The van der Waals surface area contributed by atoms with Crippen LogP contribution < -0.4 is 15.5 Å². The molecule has 0 aliphatic carbocycles. The van der Waals surface area contributed by atoms with Gasteiger partial charge in [0, 0.05) is 47.0 Å². The van der Waals surface area contributed by atoms with E-state index in [2.05, 4.69) is 26.7 Å². The Hall–Kier alpha value is -1.81. The third-order valence-electron chi connectivity index (χ3n) is 3.53. The highest BCUT2D eigenvalue weighted by molar-refractivity contribution is 14.0. The minimum absolute atomic E-state index is 0. The number of ether oxygens (including phenoxy) is 1. The number of guanidine groups is 1. The Balaban J connectivity index is 0.00000338. The second-order valence-electron chi connectivity index (χ2n) is 5.75. The highest BCUT2D eigenvalue weighted by atomic mass is 127. The number of rotatable bonds is 9. The van der Waals surface area contributed by atoms with Crippen LogP contribution in [0.1, 0.15) is 17.7 Å². The molecular weight excluding hydrogens is 445 g/mol. The third-order valence-corrected chi connectivity index (χ3v) is 3.53. The van der Waals surface area contributed by atoms with Crippen LogP contribution in [-0.2, 0) is 17.9 Å². The van der Waals surface area contributed by atoms with Gasteiger partial charge < -0.3 is 24.7 Å². The molecule has 26 heavy (non-hydrogen) atoms. The third kappa shape index (κ3) is 8.05. The fraction of sp³-hybridized carbons (Fsp3) is 0.444. The van der Waals surface area contributed by atoms with E-state index in [4.69, 9.17) is 9.15 Å². The summed E-state index contributed by atoms with van der Waals surface area (Å²) >= 11 is 0. The van der Waals surface area contributed by atoms with Crippen LogP contribution in [0.25, 0.3) is 0 Å². The molecule has 8 heteroatoms. The van der Waals surface area contributed by atoms with Crippen LogP contribution in [0.5, 0.6) is 0 Å². The lowest BCUT2D eigenvalue weighted by molar-refractivity contribution is 0.105. The molecule has 0 aromatic carbocycles. The highest BCUT2D eigenvalue weighted by Gasteiger charge is 2.02. The van der Waals surface area contributed by atoms with Gasteiger partial charge in [-0.15, -0.1) is 24.0 Å². The van der Waals surface area contributed by atoms with Gasteiger partial charge in [-0.05, 0) is 36.2 Å². The van der Waals surface area contributed by atoms with Gasteiger partial charge in [0.05, 0.1) is 6.26 Å². The molecule has 0 atom stereocenters. The zero-order valence-electron chi connectivity index (χ0n) is 15.6. The van der Waals surface area contributed by atoms with E-state index in [1.165, 1.54) is 0 Å². The maximum atomic E-state index is 5.55. The zero-order chi connectivity index (χ0) is 17.9. The van der Waals surface area contributed by atoms with Crippen LogP contribution >= 0.6 is 24.0 Å². The number of furan rings is 1. The van der Waals surface area contributed by atoms with Crippen molar-refractivity contribution in [1.82, 2.24) is 15.6 Å². The van der Waals surface area contributed by atoms with Crippen LogP contribution in [0.15, 0.2) is 46.1 Å². The number of hydrogen-bond donors (Lipinski definition) is 2. The number of nitrogens with one attached hydrogen (secondary N) is 2. The van der Waals surface area contributed by atoms with Crippen molar-refractivity contribution in [1.29, 1.82) is 0 Å². The van der Waals surface area contributed by atoms with Crippen molar-refractivity contribution in [2.75, 3.05) is 39.2 Å². The van der Waals surface area contributed by atoms with Crippen molar-refractivity contribution in [2.24, 2.45) is 4.99 Å². The fourth-order valence-corrected chi connectivity index (χ4v) is 2.17. The Kier molecular flexibility index (Phi) is 10.7. The number of aliphatic imine (C=N–C) groups is 1. The minimum Gasteiger partial charge on any atom is -0.467 e. The van der Waals surface area contributed by atoms with Crippen molar-refractivity contribution in [3.8, 4) is 0 Å². The molecule has 2 rings (SSSR count). The van der Waals surface area contributed by atoms with Gasteiger partial charge >= 0.3 is 0 Å². The number of halogens is 1. The van der Waals surface area contributed by atoms with E-state index >= 15 is 0 Å². The van der Waals surface area contributed by atoms with E-state index in [-0.39, 0.29) is 24.0 Å². The van der Waals surface area contributed by atoms with Crippen molar-refractivity contribution >= 4 is 35.8 Å². The summed E-state index contributed by atoms with van der Waals surface area (Å²) < 4.78 is 10.8. The Bertz CT molecular complexity index is 647. The molecule has 2 aromatic heterocycles. The molecule has 144 valence electrons.